The second kappa shape index (κ2) is 5.63. The molecule has 0 unspecified atom stereocenters. The van der Waals surface area contributed by atoms with Gasteiger partial charge in [-0.3, -0.25) is 4.79 Å². The standard InChI is InChI=1S/C14H19N5OS/c1-4-5-11-18(6-7-21-11)13(20)12-16-14-15-9(2)8-10(3)19(14)17-12/h8,11H,4-7H2,1-3H3/t11-/m1/s1. The van der Waals surface area contributed by atoms with Gasteiger partial charge in [-0.15, -0.1) is 16.9 Å². The van der Waals surface area contributed by atoms with Crippen molar-refractivity contribution in [3.63, 3.8) is 0 Å². The van der Waals surface area contributed by atoms with Gasteiger partial charge in [0.15, 0.2) is 0 Å². The zero-order chi connectivity index (χ0) is 15.0. The number of aryl methyl sites for hydroxylation is 2. The second-order valence-corrected chi connectivity index (χ2v) is 6.58. The van der Waals surface area contributed by atoms with E-state index < -0.39 is 0 Å². The van der Waals surface area contributed by atoms with Crippen molar-refractivity contribution in [2.45, 2.75) is 39.0 Å². The molecule has 0 aromatic carbocycles. The molecule has 0 spiro atoms. The summed E-state index contributed by atoms with van der Waals surface area (Å²) in [5, 5.41) is 4.59. The molecule has 21 heavy (non-hydrogen) atoms. The highest BCUT2D eigenvalue weighted by Crippen LogP contribution is 2.28. The number of fused-ring (bicyclic) bond motifs is 1. The quantitative estimate of drug-likeness (QED) is 0.868. The Bertz CT molecular complexity index is 683. The van der Waals surface area contributed by atoms with E-state index in [-0.39, 0.29) is 17.1 Å². The van der Waals surface area contributed by atoms with E-state index in [0.717, 1.165) is 36.5 Å². The van der Waals surface area contributed by atoms with Gasteiger partial charge in [-0.2, -0.15) is 4.98 Å². The van der Waals surface area contributed by atoms with Gasteiger partial charge >= 0.3 is 0 Å². The summed E-state index contributed by atoms with van der Waals surface area (Å²) < 4.78 is 1.64. The normalized spacial score (nSPS) is 18.6. The lowest BCUT2D eigenvalue weighted by Crippen LogP contribution is -2.35. The van der Waals surface area contributed by atoms with Crippen LogP contribution in [0.15, 0.2) is 6.07 Å². The molecule has 1 saturated heterocycles. The first kappa shape index (κ1) is 14.3. The number of carbonyl (C=O) groups is 1. The fraction of sp³-hybridized carbons (Fsp3) is 0.571. The molecule has 1 fully saturated rings. The monoisotopic (exact) mass is 305 g/mol. The van der Waals surface area contributed by atoms with Crippen LogP contribution in [0.25, 0.3) is 5.78 Å². The Morgan fingerprint density at radius 3 is 3.00 bits per heavy atom. The number of aromatic nitrogens is 4. The first-order valence-corrected chi connectivity index (χ1v) is 8.28. The van der Waals surface area contributed by atoms with Gasteiger partial charge in [-0.05, 0) is 26.3 Å². The number of amides is 1. The van der Waals surface area contributed by atoms with Crippen LogP contribution in [0.3, 0.4) is 0 Å². The summed E-state index contributed by atoms with van der Waals surface area (Å²) >= 11 is 1.84. The fourth-order valence-electron chi connectivity index (χ4n) is 2.62. The Hall–Kier alpha value is -1.63. The molecule has 0 bridgehead atoms. The van der Waals surface area contributed by atoms with E-state index in [0.29, 0.717) is 5.78 Å². The van der Waals surface area contributed by atoms with Crippen LogP contribution >= 0.6 is 11.8 Å². The van der Waals surface area contributed by atoms with Crippen LogP contribution in [0.4, 0.5) is 0 Å². The molecule has 2 aromatic rings. The molecule has 6 nitrogen and oxygen atoms in total. The molecule has 1 aliphatic rings. The summed E-state index contributed by atoms with van der Waals surface area (Å²) in [7, 11) is 0. The van der Waals surface area contributed by atoms with Gasteiger partial charge in [0.2, 0.25) is 5.82 Å². The molecule has 2 aromatic heterocycles. The molecule has 1 atom stereocenters. The van der Waals surface area contributed by atoms with Crippen LogP contribution in [0, 0.1) is 13.8 Å². The van der Waals surface area contributed by atoms with Crippen LogP contribution in [-0.2, 0) is 0 Å². The molecule has 0 aliphatic carbocycles. The van der Waals surface area contributed by atoms with Crippen molar-refractivity contribution in [3.8, 4) is 0 Å². The third-order valence-electron chi connectivity index (χ3n) is 3.60. The summed E-state index contributed by atoms with van der Waals surface area (Å²) in [6.07, 6.45) is 2.08. The van der Waals surface area contributed by atoms with Crippen LogP contribution in [0.1, 0.15) is 41.8 Å². The topological polar surface area (TPSA) is 63.4 Å². The van der Waals surface area contributed by atoms with Crippen molar-refractivity contribution in [2.75, 3.05) is 12.3 Å². The van der Waals surface area contributed by atoms with Crippen LogP contribution < -0.4 is 0 Å². The SMILES string of the molecule is CCC[C@H]1SCCN1C(=O)c1nc2nc(C)cc(C)n2n1. The van der Waals surface area contributed by atoms with Gasteiger partial charge < -0.3 is 4.90 Å². The Morgan fingerprint density at radius 1 is 1.43 bits per heavy atom. The minimum absolute atomic E-state index is 0.0824. The lowest BCUT2D eigenvalue weighted by molar-refractivity contribution is 0.0744. The summed E-state index contributed by atoms with van der Waals surface area (Å²) in [6.45, 7) is 6.77. The fourth-order valence-corrected chi connectivity index (χ4v) is 3.98. The zero-order valence-electron chi connectivity index (χ0n) is 12.5. The minimum atomic E-state index is -0.0824. The third-order valence-corrected chi connectivity index (χ3v) is 4.89. The Balaban J connectivity index is 1.93. The predicted molar refractivity (Wildman–Crippen MR) is 82.4 cm³/mol. The van der Waals surface area contributed by atoms with Gasteiger partial charge in [0.1, 0.15) is 0 Å². The molecule has 3 rings (SSSR count). The highest BCUT2D eigenvalue weighted by molar-refractivity contribution is 8.00. The lowest BCUT2D eigenvalue weighted by Gasteiger charge is -2.21. The van der Waals surface area contributed by atoms with Crippen LogP contribution in [-0.4, -0.2) is 48.1 Å². The smallest absolute Gasteiger partial charge is 0.294 e. The molecular formula is C14H19N5OS. The van der Waals surface area contributed by atoms with E-state index in [9.17, 15) is 4.79 Å². The Labute approximate surface area is 128 Å². The molecule has 3 heterocycles. The van der Waals surface area contributed by atoms with Gasteiger partial charge in [-0.25, -0.2) is 9.50 Å². The van der Waals surface area contributed by atoms with Gasteiger partial charge in [0.25, 0.3) is 11.7 Å². The molecule has 0 radical (unpaired) electrons. The molecule has 1 aliphatic heterocycles. The predicted octanol–water partition coefficient (Wildman–Crippen LogP) is 2.06. The van der Waals surface area contributed by atoms with Crippen molar-refractivity contribution >= 4 is 23.4 Å². The Morgan fingerprint density at radius 2 is 2.24 bits per heavy atom. The van der Waals surface area contributed by atoms with Crippen molar-refractivity contribution in [1.82, 2.24) is 24.5 Å². The largest absolute Gasteiger partial charge is 0.323 e. The molecular weight excluding hydrogens is 286 g/mol. The van der Waals surface area contributed by atoms with Crippen molar-refractivity contribution in [2.24, 2.45) is 0 Å². The maximum absolute atomic E-state index is 12.6. The molecule has 112 valence electrons. The van der Waals surface area contributed by atoms with Gasteiger partial charge in [0, 0.05) is 23.7 Å². The molecule has 0 saturated carbocycles. The van der Waals surface area contributed by atoms with E-state index in [1.807, 2.05) is 36.6 Å². The number of rotatable bonds is 3. The number of nitrogens with zero attached hydrogens (tertiary/aromatic N) is 5. The van der Waals surface area contributed by atoms with E-state index in [1.54, 1.807) is 4.52 Å². The van der Waals surface area contributed by atoms with Crippen LogP contribution in [0.2, 0.25) is 0 Å². The van der Waals surface area contributed by atoms with Crippen molar-refractivity contribution in [1.29, 1.82) is 0 Å². The maximum atomic E-state index is 12.6. The number of hydrogen-bond acceptors (Lipinski definition) is 5. The average Bonchev–Trinajstić information content (AvgIpc) is 3.05. The summed E-state index contributed by atoms with van der Waals surface area (Å²) in [6, 6.07) is 1.93. The second-order valence-electron chi connectivity index (χ2n) is 5.30. The number of hydrogen-bond donors (Lipinski definition) is 0. The number of carbonyl (C=O) groups excluding carboxylic acids is 1. The van der Waals surface area contributed by atoms with Crippen LogP contribution in [0.5, 0.6) is 0 Å². The summed E-state index contributed by atoms with van der Waals surface area (Å²) in [5.74, 6) is 1.65. The van der Waals surface area contributed by atoms with Gasteiger partial charge in [-0.1, -0.05) is 13.3 Å². The van der Waals surface area contributed by atoms with E-state index in [4.69, 9.17) is 0 Å². The van der Waals surface area contributed by atoms with E-state index in [1.165, 1.54) is 0 Å². The highest BCUT2D eigenvalue weighted by atomic mass is 32.2. The zero-order valence-corrected chi connectivity index (χ0v) is 13.4. The number of thioether (sulfide) groups is 1. The Kier molecular flexibility index (Phi) is 3.84. The first-order chi connectivity index (χ1) is 10.1. The molecule has 7 heteroatoms. The minimum Gasteiger partial charge on any atom is -0.323 e. The molecule has 0 N–H and O–H groups in total. The molecule has 1 amide bonds. The average molecular weight is 305 g/mol. The van der Waals surface area contributed by atoms with E-state index >= 15 is 0 Å². The maximum Gasteiger partial charge on any atom is 0.294 e. The highest BCUT2D eigenvalue weighted by Gasteiger charge is 2.31. The summed E-state index contributed by atoms with van der Waals surface area (Å²) in [4.78, 5) is 23.2. The summed E-state index contributed by atoms with van der Waals surface area (Å²) in [5.41, 5.74) is 1.82. The van der Waals surface area contributed by atoms with Crippen molar-refractivity contribution < 1.29 is 4.79 Å². The van der Waals surface area contributed by atoms with E-state index in [2.05, 4.69) is 22.0 Å². The third kappa shape index (κ3) is 2.62. The van der Waals surface area contributed by atoms with Crippen molar-refractivity contribution in [3.05, 3.63) is 23.3 Å². The lowest BCUT2D eigenvalue weighted by atomic mass is 10.3. The van der Waals surface area contributed by atoms with Gasteiger partial charge in [0.05, 0.1) is 5.37 Å². The first-order valence-electron chi connectivity index (χ1n) is 7.23.